The van der Waals surface area contributed by atoms with Crippen LogP contribution in [0.5, 0.6) is 0 Å². The SMILES string of the molecule is O=C(NCCc1nc(-c2ccccc2)n[nH]1)[C@@H]1CCCO1. The van der Waals surface area contributed by atoms with E-state index in [0.29, 0.717) is 25.4 Å². The van der Waals surface area contributed by atoms with Crippen LogP contribution in [0.1, 0.15) is 18.7 Å². The van der Waals surface area contributed by atoms with Gasteiger partial charge in [0.15, 0.2) is 5.82 Å². The minimum atomic E-state index is -0.278. The zero-order valence-electron chi connectivity index (χ0n) is 11.7. The van der Waals surface area contributed by atoms with E-state index in [1.165, 1.54) is 0 Å². The second-order valence-electron chi connectivity index (χ2n) is 5.01. The van der Waals surface area contributed by atoms with E-state index in [0.717, 1.165) is 24.2 Å². The van der Waals surface area contributed by atoms with Gasteiger partial charge >= 0.3 is 0 Å². The van der Waals surface area contributed by atoms with Gasteiger partial charge in [0.2, 0.25) is 5.91 Å². The van der Waals surface area contributed by atoms with E-state index in [-0.39, 0.29) is 12.0 Å². The van der Waals surface area contributed by atoms with Crippen LogP contribution >= 0.6 is 0 Å². The Kier molecular flexibility index (Phi) is 4.25. The third-order valence-electron chi connectivity index (χ3n) is 3.45. The first-order chi connectivity index (χ1) is 10.3. The van der Waals surface area contributed by atoms with Gasteiger partial charge in [0.25, 0.3) is 0 Å². The molecule has 0 aliphatic carbocycles. The second kappa shape index (κ2) is 6.49. The number of aromatic amines is 1. The third kappa shape index (κ3) is 3.46. The van der Waals surface area contributed by atoms with E-state index in [9.17, 15) is 4.79 Å². The molecule has 0 unspecified atom stereocenters. The fraction of sp³-hybridized carbons (Fsp3) is 0.400. The minimum absolute atomic E-state index is 0.0321. The Morgan fingerprint density at radius 1 is 1.38 bits per heavy atom. The van der Waals surface area contributed by atoms with Crippen LogP contribution in [0.25, 0.3) is 11.4 Å². The van der Waals surface area contributed by atoms with E-state index in [2.05, 4.69) is 20.5 Å². The molecule has 2 N–H and O–H groups in total. The van der Waals surface area contributed by atoms with Crippen LogP contribution in [-0.2, 0) is 16.0 Å². The third-order valence-corrected chi connectivity index (χ3v) is 3.45. The maximum Gasteiger partial charge on any atom is 0.249 e. The van der Waals surface area contributed by atoms with Crippen LogP contribution in [-0.4, -0.2) is 40.3 Å². The largest absolute Gasteiger partial charge is 0.368 e. The number of ether oxygens (including phenoxy) is 1. The number of carbonyl (C=O) groups excluding carboxylic acids is 1. The van der Waals surface area contributed by atoms with Crippen molar-refractivity contribution in [2.75, 3.05) is 13.2 Å². The van der Waals surface area contributed by atoms with E-state index in [1.807, 2.05) is 30.3 Å². The van der Waals surface area contributed by atoms with E-state index >= 15 is 0 Å². The second-order valence-corrected chi connectivity index (χ2v) is 5.01. The van der Waals surface area contributed by atoms with Crippen molar-refractivity contribution in [3.63, 3.8) is 0 Å². The van der Waals surface area contributed by atoms with Gasteiger partial charge in [-0.2, -0.15) is 5.10 Å². The van der Waals surface area contributed by atoms with Gasteiger partial charge < -0.3 is 10.1 Å². The lowest BCUT2D eigenvalue weighted by Gasteiger charge is -2.09. The summed E-state index contributed by atoms with van der Waals surface area (Å²) in [4.78, 5) is 16.2. The predicted molar refractivity (Wildman–Crippen MR) is 77.5 cm³/mol. The number of rotatable bonds is 5. The summed E-state index contributed by atoms with van der Waals surface area (Å²) in [6.07, 6.45) is 2.12. The molecular formula is C15H18N4O2. The van der Waals surface area contributed by atoms with Crippen LogP contribution in [0.15, 0.2) is 30.3 Å². The molecule has 6 nitrogen and oxygen atoms in total. The number of nitrogens with zero attached hydrogens (tertiary/aromatic N) is 2. The van der Waals surface area contributed by atoms with Crippen molar-refractivity contribution in [2.24, 2.45) is 0 Å². The van der Waals surface area contributed by atoms with Crippen molar-refractivity contribution in [2.45, 2.75) is 25.4 Å². The molecule has 2 heterocycles. The smallest absolute Gasteiger partial charge is 0.249 e. The molecule has 1 aliphatic rings. The fourth-order valence-electron chi connectivity index (χ4n) is 2.33. The molecule has 3 rings (SSSR count). The first-order valence-corrected chi connectivity index (χ1v) is 7.19. The lowest BCUT2D eigenvalue weighted by molar-refractivity contribution is -0.129. The van der Waals surface area contributed by atoms with Crippen molar-refractivity contribution >= 4 is 5.91 Å². The number of hydrogen-bond donors (Lipinski definition) is 2. The molecule has 6 heteroatoms. The van der Waals surface area contributed by atoms with Gasteiger partial charge in [0, 0.05) is 25.1 Å². The molecule has 1 amide bonds. The lowest BCUT2D eigenvalue weighted by atomic mass is 10.2. The Hall–Kier alpha value is -2.21. The summed E-state index contributed by atoms with van der Waals surface area (Å²) in [6, 6.07) is 9.79. The highest BCUT2D eigenvalue weighted by atomic mass is 16.5. The maximum atomic E-state index is 11.8. The van der Waals surface area contributed by atoms with Crippen molar-refractivity contribution in [1.82, 2.24) is 20.5 Å². The van der Waals surface area contributed by atoms with Crippen molar-refractivity contribution in [3.8, 4) is 11.4 Å². The maximum absolute atomic E-state index is 11.8. The molecule has 1 saturated heterocycles. The van der Waals surface area contributed by atoms with E-state index in [4.69, 9.17) is 4.74 Å². The molecule has 0 saturated carbocycles. The van der Waals surface area contributed by atoms with Crippen molar-refractivity contribution in [3.05, 3.63) is 36.2 Å². The predicted octanol–water partition coefficient (Wildman–Crippen LogP) is 1.31. The highest BCUT2D eigenvalue weighted by Crippen LogP contribution is 2.13. The molecule has 0 bridgehead atoms. The number of H-pyrrole nitrogens is 1. The number of nitrogens with one attached hydrogen (secondary N) is 2. The minimum Gasteiger partial charge on any atom is -0.368 e. The molecule has 1 aliphatic heterocycles. The average molecular weight is 286 g/mol. The number of amides is 1. The van der Waals surface area contributed by atoms with Crippen LogP contribution in [0, 0.1) is 0 Å². The molecular weight excluding hydrogens is 268 g/mol. The zero-order chi connectivity index (χ0) is 14.5. The Bertz CT molecular complexity index is 591. The summed E-state index contributed by atoms with van der Waals surface area (Å²) < 4.78 is 5.33. The average Bonchev–Trinajstić information content (AvgIpc) is 3.20. The first-order valence-electron chi connectivity index (χ1n) is 7.19. The van der Waals surface area contributed by atoms with Gasteiger partial charge in [-0.1, -0.05) is 30.3 Å². The van der Waals surface area contributed by atoms with Crippen LogP contribution < -0.4 is 5.32 Å². The fourth-order valence-corrected chi connectivity index (χ4v) is 2.33. The highest BCUT2D eigenvalue weighted by molar-refractivity contribution is 5.80. The van der Waals surface area contributed by atoms with Crippen LogP contribution in [0.3, 0.4) is 0 Å². The quantitative estimate of drug-likeness (QED) is 0.868. The first kappa shape index (κ1) is 13.8. The number of benzene rings is 1. The van der Waals surface area contributed by atoms with Crippen LogP contribution in [0.2, 0.25) is 0 Å². The monoisotopic (exact) mass is 286 g/mol. The topological polar surface area (TPSA) is 79.9 Å². The summed E-state index contributed by atoms with van der Waals surface area (Å²) >= 11 is 0. The van der Waals surface area contributed by atoms with Gasteiger partial charge in [-0.3, -0.25) is 9.89 Å². The molecule has 110 valence electrons. The molecule has 1 atom stereocenters. The summed E-state index contributed by atoms with van der Waals surface area (Å²) in [5.41, 5.74) is 0.975. The molecule has 1 fully saturated rings. The normalized spacial score (nSPS) is 17.8. The molecule has 21 heavy (non-hydrogen) atoms. The van der Waals surface area contributed by atoms with Crippen molar-refractivity contribution < 1.29 is 9.53 Å². The summed E-state index contributed by atoms with van der Waals surface area (Å²) in [6.45, 7) is 1.21. The Labute approximate surface area is 122 Å². The number of carbonyl (C=O) groups is 1. The van der Waals surface area contributed by atoms with Gasteiger partial charge in [0.05, 0.1) is 0 Å². The standard InChI is InChI=1S/C15H18N4O2/c20-15(12-7-4-10-21-12)16-9-8-13-17-14(19-18-13)11-5-2-1-3-6-11/h1-3,5-6,12H,4,7-10H2,(H,16,20)(H,17,18,19)/t12-/m0/s1. The van der Waals surface area contributed by atoms with Gasteiger partial charge in [-0.15, -0.1) is 0 Å². The summed E-state index contributed by atoms with van der Waals surface area (Å²) in [5, 5.41) is 9.96. The molecule has 1 aromatic carbocycles. The molecule has 1 aromatic heterocycles. The Balaban J connectivity index is 1.50. The molecule has 2 aromatic rings. The highest BCUT2D eigenvalue weighted by Gasteiger charge is 2.22. The van der Waals surface area contributed by atoms with Gasteiger partial charge in [-0.25, -0.2) is 4.98 Å². The Morgan fingerprint density at radius 2 is 2.24 bits per heavy atom. The summed E-state index contributed by atoms with van der Waals surface area (Å²) in [7, 11) is 0. The van der Waals surface area contributed by atoms with Gasteiger partial charge in [0.1, 0.15) is 11.9 Å². The number of hydrogen-bond acceptors (Lipinski definition) is 4. The van der Waals surface area contributed by atoms with Gasteiger partial charge in [-0.05, 0) is 12.8 Å². The number of aromatic nitrogens is 3. The Morgan fingerprint density at radius 3 is 3.00 bits per heavy atom. The molecule has 0 radical (unpaired) electrons. The molecule has 0 spiro atoms. The van der Waals surface area contributed by atoms with Crippen molar-refractivity contribution in [1.29, 1.82) is 0 Å². The van der Waals surface area contributed by atoms with Crippen LogP contribution in [0.4, 0.5) is 0 Å². The zero-order valence-corrected chi connectivity index (χ0v) is 11.7. The van der Waals surface area contributed by atoms with E-state index in [1.54, 1.807) is 0 Å². The van der Waals surface area contributed by atoms with E-state index < -0.39 is 0 Å². The lowest BCUT2D eigenvalue weighted by Crippen LogP contribution is -2.35. The summed E-state index contributed by atoms with van der Waals surface area (Å²) in [5.74, 6) is 1.41.